The summed E-state index contributed by atoms with van der Waals surface area (Å²) in [5.41, 5.74) is 11.1. The Bertz CT molecular complexity index is 1100. The van der Waals surface area contributed by atoms with Crippen molar-refractivity contribution in [1.82, 2.24) is 16.0 Å². The zero-order chi connectivity index (χ0) is 44.5. The van der Waals surface area contributed by atoms with Gasteiger partial charge in [-0.2, -0.15) is 26.3 Å². The molecule has 0 bridgehead atoms. The van der Waals surface area contributed by atoms with Crippen molar-refractivity contribution in [1.29, 1.82) is 0 Å². The lowest BCUT2D eigenvalue weighted by Crippen LogP contribution is -2.57. The van der Waals surface area contributed by atoms with Crippen LogP contribution in [0.25, 0.3) is 0 Å². The van der Waals surface area contributed by atoms with E-state index in [1.807, 2.05) is 0 Å². The van der Waals surface area contributed by atoms with E-state index in [1.165, 1.54) is 64.2 Å². The summed E-state index contributed by atoms with van der Waals surface area (Å²) in [5, 5.41) is 32.0. The van der Waals surface area contributed by atoms with E-state index in [9.17, 15) is 50.6 Å². The number of nitrogens with two attached hydrogens (primary N) is 2. The number of hydrogen-bond donors (Lipinski definition) is 8. The van der Waals surface area contributed by atoms with Crippen molar-refractivity contribution in [3.63, 3.8) is 0 Å². The molecular weight excluding hydrogens is 772 g/mol. The van der Waals surface area contributed by atoms with Crippen LogP contribution in [0.5, 0.6) is 0 Å². The van der Waals surface area contributed by atoms with Gasteiger partial charge in [0.2, 0.25) is 17.7 Å². The zero-order valence-corrected chi connectivity index (χ0v) is 33.6. The van der Waals surface area contributed by atoms with Gasteiger partial charge in [0, 0.05) is 6.42 Å². The summed E-state index contributed by atoms with van der Waals surface area (Å²) < 4.78 is 63.5. The average molecular weight is 840 g/mol. The molecule has 0 aliphatic heterocycles. The fourth-order valence-electron chi connectivity index (χ4n) is 5.13. The highest BCUT2D eigenvalue weighted by Gasteiger charge is 2.39. The van der Waals surface area contributed by atoms with Crippen molar-refractivity contribution in [3.05, 3.63) is 0 Å². The number of carboxylic acids is 3. The Morgan fingerprint density at radius 3 is 1.23 bits per heavy atom. The third-order valence-corrected chi connectivity index (χ3v) is 8.40. The quantitative estimate of drug-likeness (QED) is 0.0312. The number of unbranched alkanes of at least 4 members (excludes halogenated alkanes) is 14. The second-order valence-electron chi connectivity index (χ2n) is 13.9. The smallest absolute Gasteiger partial charge is 0.480 e. The lowest BCUT2D eigenvalue weighted by molar-refractivity contribution is -0.193. The Balaban J connectivity index is -0.00000175. The molecule has 0 saturated heterocycles. The number of nitrogens with one attached hydrogen (secondary N) is 3. The van der Waals surface area contributed by atoms with Gasteiger partial charge in [-0.25, -0.2) is 14.4 Å². The largest absolute Gasteiger partial charge is 0.490 e. The molecule has 3 amide bonds. The molecule has 0 fully saturated rings. The summed E-state index contributed by atoms with van der Waals surface area (Å²) in [5.74, 6) is -8.10. The number of carboxylic acid groups (broad SMARTS) is 3. The van der Waals surface area contributed by atoms with Gasteiger partial charge in [-0.1, -0.05) is 97.8 Å². The van der Waals surface area contributed by atoms with E-state index < -0.39 is 60.2 Å². The van der Waals surface area contributed by atoms with Crippen LogP contribution in [0.2, 0.25) is 0 Å². The monoisotopic (exact) mass is 839 g/mol. The lowest BCUT2D eigenvalue weighted by Gasteiger charge is -2.26. The van der Waals surface area contributed by atoms with Gasteiger partial charge in [-0.15, -0.1) is 0 Å². The Hall–Kier alpha value is -3.68. The minimum Gasteiger partial charge on any atom is -0.480 e. The summed E-state index contributed by atoms with van der Waals surface area (Å²) in [7, 11) is 0. The van der Waals surface area contributed by atoms with E-state index in [0.717, 1.165) is 25.7 Å². The van der Waals surface area contributed by atoms with E-state index in [-0.39, 0.29) is 18.2 Å². The first-order valence-corrected chi connectivity index (χ1v) is 19.7. The van der Waals surface area contributed by atoms with E-state index in [1.54, 1.807) is 13.8 Å². The van der Waals surface area contributed by atoms with Gasteiger partial charge in [-0.05, 0) is 64.0 Å². The number of alkyl halides is 6. The molecule has 10 N–H and O–H groups in total. The summed E-state index contributed by atoms with van der Waals surface area (Å²) in [6, 6.07) is -2.77. The highest BCUT2D eigenvalue weighted by atomic mass is 19.4. The van der Waals surface area contributed by atoms with Crippen LogP contribution in [-0.2, 0) is 28.8 Å². The fourth-order valence-corrected chi connectivity index (χ4v) is 5.13. The van der Waals surface area contributed by atoms with Gasteiger partial charge in [0.05, 0.1) is 0 Å². The molecule has 0 radical (unpaired) electrons. The van der Waals surface area contributed by atoms with Crippen LogP contribution in [0, 0.1) is 5.92 Å². The molecule has 336 valence electrons. The van der Waals surface area contributed by atoms with Crippen LogP contribution in [0.4, 0.5) is 26.3 Å². The van der Waals surface area contributed by atoms with Crippen LogP contribution >= 0.6 is 0 Å². The van der Waals surface area contributed by atoms with Crippen molar-refractivity contribution in [2.24, 2.45) is 17.4 Å². The minimum atomic E-state index is -5.08. The molecule has 0 aliphatic carbocycles. The van der Waals surface area contributed by atoms with Crippen molar-refractivity contribution in [3.8, 4) is 0 Å². The summed E-state index contributed by atoms with van der Waals surface area (Å²) in [6.45, 7) is 6.74. The molecule has 0 aromatic rings. The third-order valence-electron chi connectivity index (χ3n) is 8.40. The number of hydrogen-bond acceptors (Lipinski definition) is 8. The molecule has 57 heavy (non-hydrogen) atoms. The molecule has 0 spiro atoms. The number of carbonyl (C=O) groups is 6. The molecular formula is C37H67F6N5O9. The molecule has 0 rings (SSSR count). The first kappa shape index (κ1) is 57.6. The maximum Gasteiger partial charge on any atom is 0.490 e. The van der Waals surface area contributed by atoms with Crippen molar-refractivity contribution < 1.29 is 70.4 Å². The summed E-state index contributed by atoms with van der Waals surface area (Å²) in [4.78, 5) is 68.4. The Morgan fingerprint density at radius 1 is 0.526 bits per heavy atom. The molecule has 0 aromatic carbocycles. The zero-order valence-electron chi connectivity index (χ0n) is 33.6. The van der Waals surface area contributed by atoms with Crippen LogP contribution in [0.3, 0.4) is 0 Å². The molecule has 0 aliphatic rings. The van der Waals surface area contributed by atoms with Crippen molar-refractivity contribution >= 4 is 35.6 Å². The van der Waals surface area contributed by atoms with Crippen LogP contribution in [0.1, 0.15) is 149 Å². The van der Waals surface area contributed by atoms with Crippen molar-refractivity contribution in [2.45, 2.75) is 180 Å². The van der Waals surface area contributed by atoms with Gasteiger partial charge in [-0.3, -0.25) is 14.4 Å². The lowest BCUT2D eigenvalue weighted by atomic mass is 10.0. The maximum atomic E-state index is 13.2. The van der Waals surface area contributed by atoms with E-state index in [4.69, 9.17) is 31.3 Å². The third kappa shape index (κ3) is 35.2. The molecule has 0 unspecified atom stereocenters. The molecule has 20 heteroatoms. The predicted octanol–water partition coefficient (Wildman–Crippen LogP) is 6.19. The van der Waals surface area contributed by atoms with Gasteiger partial charge < -0.3 is 42.7 Å². The molecule has 0 saturated carbocycles. The number of amides is 3. The van der Waals surface area contributed by atoms with Crippen LogP contribution in [0.15, 0.2) is 0 Å². The Labute approximate surface area is 332 Å². The summed E-state index contributed by atoms with van der Waals surface area (Å²) in [6.07, 6.45) is 9.45. The standard InChI is InChI=1S/C33H65N5O5.2C2HF3O2/c1-4-5-6-7-8-9-10-11-12-13-14-15-16-23-29(39)36-27(21-17-19-24-34)31(40)38-30(26(2)3)32(41)37-28(33(42)43)22-18-20-25-35;2*3-2(4,5)1(6)7/h26-28,30H,4-25,34-35H2,1-3H3,(H,36,39)(H,37,41)(H,38,40)(H,42,43);2*(H,6,7)/t27-,28-,30-;;/m0../s1. The Morgan fingerprint density at radius 2 is 0.895 bits per heavy atom. The number of halogens is 6. The highest BCUT2D eigenvalue weighted by molar-refractivity contribution is 5.93. The van der Waals surface area contributed by atoms with Gasteiger partial charge in [0.15, 0.2) is 0 Å². The minimum absolute atomic E-state index is 0.174. The van der Waals surface area contributed by atoms with E-state index >= 15 is 0 Å². The average Bonchev–Trinajstić information content (AvgIpc) is 3.11. The molecule has 3 atom stereocenters. The second-order valence-corrected chi connectivity index (χ2v) is 13.9. The number of aliphatic carboxylic acids is 3. The van der Waals surface area contributed by atoms with E-state index in [2.05, 4.69) is 22.9 Å². The highest BCUT2D eigenvalue weighted by Crippen LogP contribution is 2.15. The predicted molar refractivity (Wildman–Crippen MR) is 202 cm³/mol. The van der Waals surface area contributed by atoms with Gasteiger partial charge in [0.25, 0.3) is 0 Å². The normalized spacial score (nSPS) is 12.8. The second kappa shape index (κ2) is 34.4. The molecule has 0 aromatic heterocycles. The number of rotatable bonds is 29. The Kier molecular flexibility index (Phi) is 34.8. The molecule has 0 heterocycles. The first-order chi connectivity index (χ1) is 26.6. The maximum absolute atomic E-state index is 13.2. The molecule has 14 nitrogen and oxygen atoms in total. The summed E-state index contributed by atoms with van der Waals surface area (Å²) >= 11 is 0. The topological polar surface area (TPSA) is 251 Å². The van der Waals surface area contributed by atoms with E-state index in [0.29, 0.717) is 45.2 Å². The first-order valence-electron chi connectivity index (χ1n) is 19.7. The SMILES string of the molecule is CCCCCCCCCCCCCCCC(=O)N[C@@H](CCCCN)C(=O)N[C@H](C(=O)N[C@@H](CCCCN)C(=O)O)C(C)C.O=C(O)C(F)(F)F.O=C(O)C(F)(F)F. The van der Waals surface area contributed by atoms with Gasteiger partial charge >= 0.3 is 30.3 Å². The van der Waals surface area contributed by atoms with Crippen LogP contribution in [-0.4, -0.2) is 94.5 Å². The van der Waals surface area contributed by atoms with Crippen LogP contribution < -0.4 is 27.4 Å². The van der Waals surface area contributed by atoms with Crippen molar-refractivity contribution in [2.75, 3.05) is 13.1 Å². The van der Waals surface area contributed by atoms with Gasteiger partial charge in [0.1, 0.15) is 18.1 Å². The fraction of sp³-hybridized carbons (Fsp3) is 0.838. The number of carbonyl (C=O) groups excluding carboxylic acids is 3.